The summed E-state index contributed by atoms with van der Waals surface area (Å²) >= 11 is 0. The number of anilines is 2. The van der Waals surface area contributed by atoms with Crippen molar-refractivity contribution in [3.8, 4) is 0 Å². The van der Waals surface area contributed by atoms with Crippen molar-refractivity contribution >= 4 is 11.4 Å². The third-order valence-electron chi connectivity index (χ3n) is 4.74. The van der Waals surface area contributed by atoms with Gasteiger partial charge in [0, 0.05) is 12.7 Å². The van der Waals surface area contributed by atoms with Crippen LogP contribution in [0, 0.1) is 5.92 Å². The van der Waals surface area contributed by atoms with E-state index in [0.29, 0.717) is 18.2 Å². The lowest BCUT2D eigenvalue weighted by atomic mass is 9.97. The van der Waals surface area contributed by atoms with E-state index in [4.69, 9.17) is 0 Å². The Kier molecular flexibility index (Phi) is 6.28. The molecule has 3 rings (SSSR count). The molecule has 0 radical (unpaired) electrons. The van der Waals surface area contributed by atoms with Gasteiger partial charge in [0.2, 0.25) is 0 Å². The maximum absolute atomic E-state index is 12.6. The molecule has 0 spiro atoms. The smallest absolute Gasteiger partial charge is 0.353 e. The highest BCUT2D eigenvalue weighted by Gasteiger charge is 2.32. The number of rotatable bonds is 6. The molecule has 2 aromatic heterocycles. The Hall–Kier alpha value is -2.19. The Morgan fingerprint density at radius 3 is 2.56 bits per heavy atom. The van der Waals surface area contributed by atoms with Gasteiger partial charge < -0.3 is 15.5 Å². The molecule has 2 N–H and O–H groups in total. The van der Waals surface area contributed by atoms with Crippen LogP contribution in [0.25, 0.3) is 0 Å². The highest BCUT2D eigenvalue weighted by Crippen LogP contribution is 2.28. The van der Waals surface area contributed by atoms with Crippen molar-refractivity contribution in [3.05, 3.63) is 48.0 Å². The molecule has 2 aromatic rings. The molecule has 1 fully saturated rings. The van der Waals surface area contributed by atoms with Crippen LogP contribution in [0.5, 0.6) is 0 Å². The number of alkyl halides is 3. The quantitative estimate of drug-likeness (QED) is 0.802. The molecule has 1 aliphatic heterocycles. The average molecular weight is 379 g/mol. The van der Waals surface area contributed by atoms with E-state index in [0.717, 1.165) is 37.0 Å². The third kappa shape index (κ3) is 5.90. The topological polar surface area (TPSA) is 53.1 Å². The second-order valence-corrected chi connectivity index (χ2v) is 7.01. The van der Waals surface area contributed by atoms with Gasteiger partial charge in [0.1, 0.15) is 5.69 Å². The minimum absolute atomic E-state index is 0.487. The van der Waals surface area contributed by atoms with Crippen molar-refractivity contribution in [2.75, 3.05) is 32.0 Å². The SMILES string of the molecule is CN1CCC(CNCc2cncc(Nc3ccc(C(F)(F)F)nc3)c2)CC1. The summed E-state index contributed by atoms with van der Waals surface area (Å²) < 4.78 is 37.7. The molecule has 0 unspecified atom stereocenters. The summed E-state index contributed by atoms with van der Waals surface area (Å²) in [5.41, 5.74) is 1.32. The van der Waals surface area contributed by atoms with Gasteiger partial charge in [-0.05, 0) is 69.2 Å². The van der Waals surface area contributed by atoms with Gasteiger partial charge in [-0.3, -0.25) is 4.98 Å². The molecule has 0 amide bonds. The Bertz CT molecular complexity index is 725. The fraction of sp³-hybridized carbons (Fsp3) is 0.474. The number of nitrogens with zero attached hydrogens (tertiary/aromatic N) is 3. The first-order valence-electron chi connectivity index (χ1n) is 9.03. The molecule has 0 bridgehead atoms. The zero-order chi connectivity index (χ0) is 19.3. The van der Waals surface area contributed by atoms with E-state index in [-0.39, 0.29) is 0 Å². The van der Waals surface area contributed by atoms with E-state index >= 15 is 0 Å². The summed E-state index contributed by atoms with van der Waals surface area (Å²) in [6.45, 7) is 3.98. The number of halogens is 3. The number of hydrogen-bond donors (Lipinski definition) is 2. The van der Waals surface area contributed by atoms with Crippen molar-refractivity contribution in [2.24, 2.45) is 5.92 Å². The van der Waals surface area contributed by atoms with Crippen LogP contribution in [0.1, 0.15) is 24.1 Å². The average Bonchev–Trinajstić information content (AvgIpc) is 2.63. The number of piperidine rings is 1. The number of pyridine rings is 2. The van der Waals surface area contributed by atoms with Gasteiger partial charge in [-0.25, -0.2) is 4.98 Å². The Morgan fingerprint density at radius 2 is 1.89 bits per heavy atom. The molecule has 0 aromatic carbocycles. The lowest BCUT2D eigenvalue weighted by molar-refractivity contribution is -0.141. The molecule has 27 heavy (non-hydrogen) atoms. The maximum atomic E-state index is 12.6. The minimum Gasteiger partial charge on any atom is -0.353 e. The van der Waals surface area contributed by atoms with E-state index in [1.165, 1.54) is 25.1 Å². The lowest BCUT2D eigenvalue weighted by Crippen LogP contribution is -2.34. The number of aromatic nitrogens is 2. The van der Waals surface area contributed by atoms with Crippen molar-refractivity contribution in [3.63, 3.8) is 0 Å². The molecular weight excluding hydrogens is 355 g/mol. The predicted molar refractivity (Wildman–Crippen MR) is 98.7 cm³/mol. The van der Waals surface area contributed by atoms with Gasteiger partial charge in [0.15, 0.2) is 0 Å². The van der Waals surface area contributed by atoms with Crippen LogP contribution in [-0.4, -0.2) is 41.5 Å². The van der Waals surface area contributed by atoms with E-state index in [9.17, 15) is 13.2 Å². The fourth-order valence-corrected chi connectivity index (χ4v) is 3.14. The zero-order valence-corrected chi connectivity index (χ0v) is 15.3. The molecule has 0 atom stereocenters. The first kappa shape index (κ1) is 19.6. The number of hydrogen-bond acceptors (Lipinski definition) is 5. The van der Waals surface area contributed by atoms with Gasteiger partial charge in [-0.2, -0.15) is 13.2 Å². The highest BCUT2D eigenvalue weighted by atomic mass is 19.4. The first-order valence-corrected chi connectivity index (χ1v) is 9.03. The molecule has 8 heteroatoms. The van der Waals surface area contributed by atoms with Gasteiger partial charge in [0.25, 0.3) is 0 Å². The van der Waals surface area contributed by atoms with Crippen molar-refractivity contribution in [1.29, 1.82) is 0 Å². The molecule has 3 heterocycles. The van der Waals surface area contributed by atoms with Crippen LogP contribution in [0.15, 0.2) is 36.8 Å². The van der Waals surface area contributed by atoms with E-state index in [1.54, 1.807) is 12.4 Å². The Morgan fingerprint density at radius 1 is 1.11 bits per heavy atom. The molecular formula is C19H24F3N5. The summed E-state index contributed by atoms with van der Waals surface area (Å²) in [4.78, 5) is 10.0. The Labute approximate surface area is 157 Å². The minimum atomic E-state index is -4.43. The van der Waals surface area contributed by atoms with Gasteiger partial charge in [-0.15, -0.1) is 0 Å². The van der Waals surface area contributed by atoms with Crippen LogP contribution in [-0.2, 0) is 12.7 Å². The van der Waals surface area contributed by atoms with Crippen molar-refractivity contribution in [1.82, 2.24) is 20.2 Å². The van der Waals surface area contributed by atoms with E-state index < -0.39 is 11.9 Å². The monoisotopic (exact) mass is 379 g/mol. The summed E-state index contributed by atoms with van der Waals surface area (Å²) in [5.74, 6) is 0.702. The van der Waals surface area contributed by atoms with E-state index in [1.807, 2.05) is 6.07 Å². The van der Waals surface area contributed by atoms with Crippen LogP contribution in [0.4, 0.5) is 24.5 Å². The Balaban J connectivity index is 1.51. The van der Waals surface area contributed by atoms with Crippen LogP contribution >= 0.6 is 0 Å². The van der Waals surface area contributed by atoms with Gasteiger partial charge >= 0.3 is 6.18 Å². The second kappa shape index (κ2) is 8.67. The predicted octanol–water partition coefficient (Wildman–Crippen LogP) is 3.67. The van der Waals surface area contributed by atoms with Crippen molar-refractivity contribution in [2.45, 2.75) is 25.6 Å². The molecule has 146 valence electrons. The van der Waals surface area contributed by atoms with E-state index in [2.05, 4.69) is 32.5 Å². The first-order chi connectivity index (χ1) is 12.9. The summed E-state index contributed by atoms with van der Waals surface area (Å²) in [6.07, 6.45) is 2.60. The van der Waals surface area contributed by atoms with Crippen LogP contribution in [0.3, 0.4) is 0 Å². The van der Waals surface area contributed by atoms with Crippen LogP contribution in [0.2, 0.25) is 0 Å². The van der Waals surface area contributed by atoms with Crippen molar-refractivity contribution < 1.29 is 13.2 Å². The lowest BCUT2D eigenvalue weighted by Gasteiger charge is -2.29. The summed E-state index contributed by atoms with van der Waals surface area (Å²) in [6, 6.07) is 4.26. The molecule has 1 aliphatic rings. The van der Waals surface area contributed by atoms with Crippen LogP contribution < -0.4 is 10.6 Å². The van der Waals surface area contributed by atoms with Gasteiger partial charge in [-0.1, -0.05) is 0 Å². The summed E-state index contributed by atoms with van der Waals surface area (Å²) in [5, 5.41) is 6.52. The third-order valence-corrected chi connectivity index (χ3v) is 4.74. The normalized spacial score (nSPS) is 16.4. The standard InChI is InChI=1S/C19H24F3N5/c1-27-6-4-14(5-7-27)9-23-10-15-8-17(12-24-11-15)26-16-2-3-18(25-13-16)19(20,21)22/h2-3,8,11-14,23,26H,4-7,9-10H2,1H3. The maximum Gasteiger partial charge on any atom is 0.433 e. The molecule has 0 saturated carbocycles. The summed E-state index contributed by atoms with van der Waals surface area (Å²) in [7, 11) is 2.15. The fourth-order valence-electron chi connectivity index (χ4n) is 3.14. The number of nitrogens with one attached hydrogen (secondary N) is 2. The molecule has 0 aliphatic carbocycles. The largest absolute Gasteiger partial charge is 0.433 e. The zero-order valence-electron chi connectivity index (χ0n) is 15.3. The highest BCUT2D eigenvalue weighted by molar-refractivity contribution is 5.58. The van der Waals surface area contributed by atoms with Gasteiger partial charge in [0.05, 0.1) is 23.8 Å². The second-order valence-electron chi connectivity index (χ2n) is 7.01. The number of likely N-dealkylation sites (tertiary alicyclic amines) is 1. The molecule has 1 saturated heterocycles. The molecule has 5 nitrogen and oxygen atoms in total.